The minimum atomic E-state index is -1.67. The van der Waals surface area contributed by atoms with E-state index >= 15 is 0 Å². The van der Waals surface area contributed by atoms with Crippen LogP contribution in [0.25, 0.3) is 0 Å². The number of nitrogens with two attached hydrogens (primary N) is 2. The Kier molecular flexibility index (Phi) is 21.0. The minimum Gasteiger partial charge on any atom is -0.468 e. The Balaban J connectivity index is 1.19. The molecule has 0 unspecified atom stereocenters. The third-order valence-electron chi connectivity index (χ3n) is 13.4. The van der Waals surface area contributed by atoms with Crippen LogP contribution in [0.4, 0.5) is 0 Å². The van der Waals surface area contributed by atoms with Gasteiger partial charge >= 0.3 is 17.9 Å². The summed E-state index contributed by atoms with van der Waals surface area (Å²) in [6.45, 7) is 4.87. The fourth-order valence-corrected chi connectivity index (χ4v) is 9.62. The zero-order chi connectivity index (χ0) is 52.7. The molecule has 7 rings (SSSR count). The van der Waals surface area contributed by atoms with Gasteiger partial charge in [-0.3, -0.25) is 14.4 Å². The lowest BCUT2D eigenvalue weighted by molar-refractivity contribution is -0.361. The molecule has 3 saturated heterocycles. The van der Waals surface area contributed by atoms with Crippen LogP contribution >= 0.6 is 0 Å². The van der Waals surface area contributed by atoms with Crippen LogP contribution in [0, 0.1) is 11.8 Å². The maximum absolute atomic E-state index is 13.5. The Hall–Kier alpha value is -5.23. The van der Waals surface area contributed by atoms with Gasteiger partial charge in [0.2, 0.25) is 0 Å². The van der Waals surface area contributed by atoms with Crippen molar-refractivity contribution < 1.29 is 81.1 Å². The highest BCUT2D eigenvalue weighted by Crippen LogP contribution is 2.39. The lowest BCUT2D eigenvalue weighted by Crippen LogP contribution is -2.67. The molecule has 74 heavy (non-hydrogen) atoms. The molecule has 4 aromatic carbocycles. The van der Waals surface area contributed by atoms with E-state index in [1.165, 1.54) is 28.3 Å². The van der Waals surface area contributed by atoms with E-state index in [4.69, 9.17) is 73.0 Å². The topological polar surface area (TPSA) is 243 Å². The van der Waals surface area contributed by atoms with E-state index in [2.05, 4.69) is 0 Å². The fraction of sp³-hybridized carbons (Fsp3) is 0.509. The highest BCUT2D eigenvalue weighted by Gasteiger charge is 2.57. The van der Waals surface area contributed by atoms with E-state index in [1.807, 2.05) is 121 Å². The first-order valence-electron chi connectivity index (χ1n) is 24.7. The highest BCUT2D eigenvalue weighted by atomic mass is 16.8. The highest BCUT2D eigenvalue weighted by molar-refractivity contribution is 5.76. The van der Waals surface area contributed by atoms with Gasteiger partial charge < -0.3 is 78.2 Å². The zero-order valence-corrected chi connectivity index (χ0v) is 42.5. The summed E-state index contributed by atoms with van der Waals surface area (Å²) >= 11 is 0. The first-order chi connectivity index (χ1) is 35.8. The molecule has 0 spiro atoms. The molecular weight excluding hydrogens is 961 g/mol. The summed E-state index contributed by atoms with van der Waals surface area (Å²) in [4.78, 5) is 39.7. The summed E-state index contributed by atoms with van der Waals surface area (Å²) in [7, 11) is 3.75. The molecule has 4 aromatic rings. The number of methoxy groups -OCH3 is 3. The van der Waals surface area contributed by atoms with E-state index in [9.17, 15) is 19.5 Å². The summed E-state index contributed by atoms with van der Waals surface area (Å²) in [5.41, 5.74) is 16.9. The van der Waals surface area contributed by atoms with Crippen LogP contribution in [0.2, 0.25) is 0 Å². The van der Waals surface area contributed by atoms with Crippen LogP contribution in [0.15, 0.2) is 121 Å². The molecule has 3 aliphatic heterocycles. The van der Waals surface area contributed by atoms with Crippen molar-refractivity contribution in [3.05, 3.63) is 144 Å². The average Bonchev–Trinajstić information content (AvgIpc) is 3.42. The molecule has 19 heteroatoms. The number of esters is 3. The van der Waals surface area contributed by atoms with Crippen LogP contribution in [0.1, 0.15) is 43.0 Å². The van der Waals surface area contributed by atoms with Gasteiger partial charge in [0, 0.05) is 14.0 Å². The predicted molar refractivity (Wildman–Crippen MR) is 264 cm³/mol. The van der Waals surface area contributed by atoms with Crippen LogP contribution in [0.3, 0.4) is 0 Å². The maximum Gasteiger partial charge on any atom is 0.323 e. The second kappa shape index (κ2) is 27.5. The summed E-state index contributed by atoms with van der Waals surface area (Å²) in [5.74, 6) is -4.52. The molecule has 5 N–H and O–H groups in total. The number of aliphatic hydroxyl groups excluding tert-OH is 1. The van der Waals surface area contributed by atoms with Crippen molar-refractivity contribution in [2.75, 3.05) is 27.9 Å². The number of hydrogen-bond acceptors (Lipinski definition) is 19. The molecule has 3 fully saturated rings. The van der Waals surface area contributed by atoms with Crippen molar-refractivity contribution in [1.82, 2.24) is 0 Å². The van der Waals surface area contributed by atoms with E-state index < -0.39 is 128 Å². The summed E-state index contributed by atoms with van der Waals surface area (Å²) in [6, 6.07) is 35.1. The first-order valence-corrected chi connectivity index (χ1v) is 24.7. The SMILES string of the molecule is COC(=O)[C@@H](N)[C@@H]1[C@@H](OC[C@H]2O[C@H](OC)[C@H](OC(C)=O)[C@@H](O[C@H]3O[C@@H](C)[C@H](OCc4ccccc4)[C@@H](OCc4ccccc4)[C@@H]3[C@H](N)C(=O)OC)[C@@H]2O)O[C@@H](C)[C@H](OCc2ccccc2)[C@H]1OCc1ccccc1. The third-order valence-corrected chi connectivity index (χ3v) is 13.4. The van der Waals surface area contributed by atoms with Gasteiger partial charge in [0.25, 0.3) is 0 Å². The van der Waals surface area contributed by atoms with Gasteiger partial charge in [-0.25, -0.2) is 0 Å². The van der Waals surface area contributed by atoms with Crippen LogP contribution in [-0.2, 0) is 102 Å². The lowest BCUT2D eigenvalue weighted by atomic mass is 9.85. The predicted octanol–water partition coefficient (Wildman–Crippen LogP) is 4.12. The molecule has 19 nitrogen and oxygen atoms in total. The number of ether oxygens (including phenoxy) is 13. The number of aliphatic hydroxyl groups is 1. The van der Waals surface area contributed by atoms with Crippen molar-refractivity contribution in [1.29, 1.82) is 0 Å². The molecule has 0 aliphatic carbocycles. The Morgan fingerprint density at radius 2 is 0.892 bits per heavy atom. The Morgan fingerprint density at radius 1 is 0.514 bits per heavy atom. The smallest absolute Gasteiger partial charge is 0.323 e. The van der Waals surface area contributed by atoms with Crippen molar-refractivity contribution in [3.8, 4) is 0 Å². The second-order valence-electron chi connectivity index (χ2n) is 18.5. The maximum atomic E-state index is 13.5. The Morgan fingerprint density at radius 3 is 1.27 bits per heavy atom. The van der Waals surface area contributed by atoms with Crippen molar-refractivity contribution in [3.63, 3.8) is 0 Å². The van der Waals surface area contributed by atoms with Gasteiger partial charge in [0.05, 0.1) is 83.5 Å². The molecule has 0 amide bonds. The summed E-state index contributed by atoms with van der Waals surface area (Å²) in [6.07, 6.45) is -14.9. The Labute approximate surface area is 431 Å². The van der Waals surface area contributed by atoms with Crippen LogP contribution in [-0.4, -0.2) is 143 Å². The van der Waals surface area contributed by atoms with Crippen molar-refractivity contribution in [2.24, 2.45) is 23.3 Å². The van der Waals surface area contributed by atoms with Gasteiger partial charge in [-0.1, -0.05) is 121 Å². The molecule has 0 aromatic heterocycles. The van der Waals surface area contributed by atoms with E-state index in [1.54, 1.807) is 13.8 Å². The Bertz CT molecular complexity index is 2320. The third kappa shape index (κ3) is 14.4. The van der Waals surface area contributed by atoms with Gasteiger partial charge in [-0.15, -0.1) is 0 Å². The number of hydrogen-bond donors (Lipinski definition) is 3. The normalized spacial score (nSPS) is 30.9. The van der Waals surface area contributed by atoms with E-state index in [0.29, 0.717) is 0 Å². The average molecular weight is 1030 g/mol. The molecular formula is C55H70N2O17. The zero-order valence-electron chi connectivity index (χ0n) is 42.5. The van der Waals surface area contributed by atoms with Gasteiger partial charge in [0.1, 0.15) is 42.6 Å². The number of rotatable bonds is 23. The van der Waals surface area contributed by atoms with Crippen molar-refractivity contribution in [2.45, 2.75) is 139 Å². The number of carbonyl (C=O) groups excluding carboxylic acids is 3. The molecule has 3 aliphatic rings. The molecule has 3 heterocycles. The molecule has 17 atom stereocenters. The first kappa shape index (κ1) is 56.5. The lowest BCUT2D eigenvalue weighted by Gasteiger charge is -2.50. The standard InChI is InChI=1S/C55H70N2O17/c1-32-45(65-27-35-19-11-7-12-20-35)47(67-29-37-23-15-9-16-24-37)40(42(56)51(60)62-4)53(70-32)69-31-39-44(59)49(50(72-34(3)58)55(64-6)73-39)74-54-41(43(57)52(61)63-5)48(68-30-38-25-17-10-18-26-38)46(33(2)71-54)66-28-36-21-13-8-14-22-36/h7-26,32-33,39-50,53-55,59H,27-31,56-57H2,1-6H3/t32-,33-,39+,40-,41-,42-,43-,44+,45-,46-,47-,48-,49-,50+,53-,54+,55-/m0/s1. The quantitative estimate of drug-likeness (QED) is 0.0699. The molecule has 0 saturated carbocycles. The van der Waals surface area contributed by atoms with Crippen LogP contribution in [0.5, 0.6) is 0 Å². The molecule has 0 radical (unpaired) electrons. The van der Waals surface area contributed by atoms with Crippen molar-refractivity contribution >= 4 is 17.9 Å². The van der Waals surface area contributed by atoms with E-state index in [0.717, 1.165) is 22.3 Å². The molecule has 0 bridgehead atoms. The second-order valence-corrected chi connectivity index (χ2v) is 18.5. The number of carbonyl (C=O) groups is 3. The van der Waals surface area contributed by atoms with Gasteiger partial charge in [0.15, 0.2) is 25.0 Å². The summed E-state index contributed by atoms with van der Waals surface area (Å²) < 4.78 is 80.9. The minimum absolute atomic E-state index is 0.0855. The van der Waals surface area contributed by atoms with Gasteiger partial charge in [-0.2, -0.15) is 0 Å². The summed E-state index contributed by atoms with van der Waals surface area (Å²) in [5, 5.41) is 12.5. The number of benzene rings is 4. The van der Waals surface area contributed by atoms with E-state index in [-0.39, 0.29) is 26.4 Å². The van der Waals surface area contributed by atoms with Gasteiger partial charge in [-0.05, 0) is 36.1 Å². The molecule has 402 valence electrons. The van der Waals surface area contributed by atoms with Crippen LogP contribution < -0.4 is 11.5 Å². The monoisotopic (exact) mass is 1030 g/mol. The largest absolute Gasteiger partial charge is 0.468 e. The fourth-order valence-electron chi connectivity index (χ4n) is 9.62.